The average molecular weight is 429 g/mol. The molecule has 30 heavy (non-hydrogen) atoms. The van der Waals surface area contributed by atoms with E-state index in [-0.39, 0.29) is 11.9 Å². The number of carbonyl (C=O) groups excluding carboxylic acids is 2. The number of amides is 1. The van der Waals surface area contributed by atoms with Crippen molar-refractivity contribution in [3.8, 4) is 5.75 Å². The number of methoxy groups -OCH3 is 1. The predicted molar refractivity (Wildman–Crippen MR) is 117 cm³/mol. The molecule has 0 radical (unpaired) electrons. The predicted octanol–water partition coefficient (Wildman–Crippen LogP) is 4.28. The topological polar surface area (TPSA) is 77.5 Å². The molecule has 1 aromatic carbocycles. The van der Waals surface area contributed by atoms with E-state index < -0.39 is 5.54 Å². The van der Waals surface area contributed by atoms with Gasteiger partial charge < -0.3 is 14.8 Å². The molecule has 1 aliphatic carbocycles. The van der Waals surface area contributed by atoms with Crippen LogP contribution in [0.4, 0.5) is 0 Å². The highest BCUT2D eigenvalue weighted by molar-refractivity contribution is 7.09. The third-order valence-electron chi connectivity index (χ3n) is 5.43. The molecule has 1 heterocycles. The Bertz CT molecular complexity index is 896. The first kappa shape index (κ1) is 22.0. The summed E-state index contributed by atoms with van der Waals surface area (Å²) in [6.07, 6.45) is 6.16. The third-order valence-corrected chi connectivity index (χ3v) is 6.25. The molecule has 0 bridgehead atoms. The molecule has 1 aromatic heterocycles. The normalized spacial score (nSPS) is 21.4. The highest BCUT2D eigenvalue weighted by Crippen LogP contribution is 2.33. The number of aryl methyl sites for hydroxylation is 1. The fourth-order valence-electron chi connectivity index (χ4n) is 3.59. The number of nitrogens with one attached hydrogen (secondary N) is 1. The first-order chi connectivity index (χ1) is 14.4. The van der Waals surface area contributed by atoms with E-state index in [1.807, 2.05) is 36.6 Å². The van der Waals surface area contributed by atoms with Crippen LogP contribution in [0.5, 0.6) is 5.75 Å². The summed E-state index contributed by atoms with van der Waals surface area (Å²) < 4.78 is 10.7. The van der Waals surface area contributed by atoms with Gasteiger partial charge in [0.1, 0.15) is 17.9 Å². The van der Waals surface area contributed by atoms with Crippen molar-refractivity contribution in [1.29, 1.82) is 0 Å². The fraction of sp³-hybridized carbons (Fsp3) is 0.435. The van der Waals surface area contributed by atoms with Crippen LogP contribution in [-0.2, 0) is 20.9 Å². The van der Waals surface area contributed by atoms with Crippen molar-refractivity contribution in [3.63, 3.8) is 0 Å². The Hall–Kier alpha value is -2.67. The zero-order chi connectivity index (χ0) is 21.6. The lowest BCUT2D eigenvalue weighted by atomic mass is 9.77. The molecule has 1 saturated carbocycles. The number of ether oxygens (including phenoxy) is 2. The quantitative estimate of drug-likeness (QED) is 0.526. The number of benzene rings is 1. The smallest absolute Gasteiger partial charge is 0.331 e. The first-order valence-electron chi connectivity index (χ1n) is 10.1. The Morgan fingerprint density at radius 3 is 2.57 bits per heavy atom. The van der Waals surface area contributed by atoms with E-state index >= 15 is 0 Å². The van der Waals surface area contributed by atoms with Crippen molar-refractivity contribution in [2.24, 2.45) is 5.92 Å². The van der Waals surface area contributed by atoms with E-state index in [1.54, 1.807) is 17.4 Å². The standard InChI is InChI=1S/C23H28N2O4S/c1-16-10-12-23(13-11-16,22(27)28-3)25-21(26)9-6-18-4-7-20(8-5-18)29-14-19-15-30-17(2)24-19/h4-9,15-16H,10-14H2,1-3H3,(H,25,26)/b9-6+. The van der Waals surface area contributed by atoms with E-state index in [0.717, 1.165) is 34.9 Å². The van der Waals surface area contributed by atoms with Crippen molar-refractivity contribution < 1.29 is 19.1 Å². The summed E-state index contributed by atoms with van der Waals surface area (Å²) >= 11 is 1.60. The molecule has 1 fully saturated rings. The molecule has 0 unspecified atom stereocenters. The summed E-state index contributed by atoms with van der Waals surface area (Å²) in [6.45, 7) is 4.55. The fourth-order valence-corrected chi connectivity index (χ4v) is 4.18. The van der Waals surface area contributed by atoms with Crippen LogP contribution in [0.2, 0.25) is 0 Å². The molecular weight excluding hydrogens is 400 g/mol. The average Bonchev–Trinajstić information content (AvgIpc) is 3.18. The third kappa shape index (κ3) is 5.69. The molecule has 7 heteroatoms. The van der Waals surface area contributed by atoms with Gasteiger partial charge in [0.25, 0.3) is 0 Å². The molecule has 0 aliphatic heterocycles. The van der Waals surface area contributed by atoms with Gasteiger partial charge in [-0.25, -0.2) is 9.78 Å². The van der Waals surface area contributed by atoms with E-state index in [1.165, 1.54) is 13.2 Å². The minimum atomic E-state index is -0.922. The number of thiazole rings is 1. The lowest BCUT2D eigenvalue weighted by Crippen LogP contribution is -2.56. The summed E-state index contributed by atoms with van der Waals surface area (Å²) in [7, 11) is 1.36. The molecule has 0 saturated heterocycles. The Morgan fingerprint density at radius 2 is 1.97 bits per heavy atom. The van der Waals surface area contributed by atoms with Crippen molar-refractivity contribution in [2.45, 2.75) is 51.7 Å². The van der Waals surface area contributed by atoms with Gasteiger partial charge in [0.15, 0.2) is 0 Å². The molecule has 1 N–H and O–H groups in total. The molecule has 1 aliphatic rings. The molecule has 0 atom stereocenters. The van der Waals surface area contributed by atoms with Crippen LogP contribution in [-0.4, -0.2) is 29.5 Å². The van der Waals surface area contributed by atoms with Crippen LogP contribution >= 0.6 is 11.3 Å². The molecule has 160 valence electrons. The zero-order valence-corrected chi connectivity index (χ0v) is 18.5. The number of hydrogen-bond acceptors (Lipinski definition) is 6. The Morgan fingerprint density at radius 1 is 1.27 bits per heavy atom. The monoisotopic (exact) mass is 428 g/mol. The maximum Gasteiger partial charge on any atom is 0.331 e. The first-order valence-corrected chi connectivity index (χ1v) is 11.0. The van der Waals surface area contributed by atoms with Gasteiger partial charge in [0.2, 0.25) is 5.91 Å². The summed E-state index contributed by atoms with van der Waals surface area (Å²) in [5, 5.41) is 5.90. The van der Waals surface area contributed by atoms with Crippen LogP contribution in [0.1, 0.15) is 48.9 Å². The summed E-state index contributed by atoms with van der Waals surface area (Å²) in [4.78, 5) is 29.2. The van der Waals surface area contributed by atoms with E-state index in [0.29, 0.717) is 25.4 Å². The highest BCUT2D eigenvalue weighted by atomic mass is 32.1. The number of aromatic nitrogens is 1. The van der Waals surface area contributed by atoms with Crippen LogP contribution < -0.4 is 10.1 Å². The molecular formula is C23H28N2O4S. The Labute approximate surface area is 181 Å². The van der Waals surface area contributed by atoms with E-state index in [2.05, 4.69) is 17.2 Å². The Balaban J connectivity index is 1.56. The second-order valence-corrected chi connectivity index (χ2v) is 8.86. The summed E-state index contributed by atoms with van der Waals surface area (Å²) in [5.41, 5.74) is 0.857. The van der Waals surface area contributed by atoms with Gasteiger partial charge in [-0.3, -0.25) is 4.79 Å². The number of esters is 1. The van der Waals surface area contributed by atoms with Crippen LogP contribution in [0, 0.1) is 12.8 Å². The largest absolute Gasteiger partial charge is 0.487 e. The maximum absolute atomic E-state index is 12.5. The number of carbonyl (C=O) groups is 2. The maximum atomic E-state index is 12.5. The minimum absolute atomic E-state index is 0.297. The lowest BCUT2D eigenvalue weighted by Gasteiger charge is -2.37. The van der Waals surface area contributed by atoms with Crippen molar-refractivity contribution >= 4 is 29.3 Å². The zero-order valence-electron chi connectivity index (χ0n) is 17.6. The van der Waals surface area contributed by atoms with Gasteiger partial charge in [-0.2, -0.15) is 0 Å². The SMILES string of the molecule is COC(=O)C1(NC(=O)/C=C/c2ccc(OCc3csc(C)n3)cc2)CCC(C)CC1. The van der Waals surface area contributed by atoms with Crippen molar-refractivity contribution in [3.05, 3.63) is 52.0 Å². The summed E-state index contributed by atoms with van der Waals surface area (Å²) in [6, 6.07) is 7.47. The van der Waals surface area contributed by atoms with Gasteiger partial charge in [0, 0.05) is 11.5 Å². The van der Waals surface area contributed by atoms with Gasteiger partial charge in [0.05, 0.1) is 17.8 Å². The van der Waals surface area contributed by atoms with Crippen LogP contribution in [0.15, 0.2) is 35.7 Å². The molecule has 1 amide bonds. The van der Waals surface area contributed by atoms with E-state index in [9.17, 15) is 9.59 Å². The van der Waals surface area contributed by atoms with Gasteiger partial charge in [-0.05, 0) is 62.3 Å². The molecule has 0 spiro atoms. The van der Waals surface area contributed by atoms with Gasteiger partial charge in [-0.1, -0.05) is 19.1 Å². The molecule has 3 rings (SSSR count). The second-order valence-electron chi connectivity index (χ2n) is 7.79. The molecule has 6 nitrogen and oxygen atoms in total. The minimum Gasteiger partial charge on any atom is -0.487 e. The van der Waals surface area contributed by atoms with Gasteiger partial charge >= 0.3 is 5.97 Å². The van der Waals surface area contributed by atoms with Crippen molar-refractivity contribution in [1.82, 2.24) is 10.3 Å². The second kappa shape index (κ2) is 9.89. The Kier molecular flexibility index (Phi) is 7.26. The lowest BCUT2D eigenvalue weighted by molar-refractivity contribution is -0.152. The molecule has 2 aromatic rings. The van der Waals surface area contributed by atoms with Gasteiger partial charge in [-0.15, -0.1) is 11.3 Å². The van der Waals surface area contributed by atoms with Crippen LogP contribution in [0.3, 0.4) is 0 Å². The number of hydrogen-bond donors (Lipinski definition) is 1. The van der Waals surface area contributed by atoms with Crippen molar-refractivity contribution in [2.75, 3.05) is 7.11 Å². The van der Waals surface area contributed by atoms with Crippen LogP contribution in [0.25, 0.3) is 6.08 Å². The summed E-state index contributed by atoms with van der Waals surface area (Å²) in [5.74, 6) is 0.626. The van der Waals surface area contributed by atoms with E-state index in [4.69, 9.17) is 9.47 Å². The number of nitrogens with zero attached hydrogens (tertiary/aromatic N) is 1. The number of rotatable bonds is 7. The highest BCUT2D eigenvalue weighted by Gasteiger charge is 2.43.